The molecule has 1 spiro atoms. The van der Waals surface area contributed by atoms with Gasteiger partial charge in [-0.3, -0.25) is 14.4 Å². The van der Waals surface area contributed by atoms with Crippen LogP contribution in [0.4, 0.5) is 0 Å². The molecule has 1 N–H and O–H groups in total. The van der Waals surface area contributed by atoms with E-state index in [1.807, 2.05) is 19.9 Å². The normalized spacial score (nSPS) is 30.8. The monoisotopic (exact) mass is 518 g/mol. The van der Waals surface area contributed by atoms with Gasteiger partial charge in [0.2, 0.25) is 11.8 Å². The van der Waals surface area contributed by atoms with Crippen molar-refractivity contribution in [1.82, 2.24) is 9.80 Å². The molecule has 8 heteroatoms. The van der Waals surface area contributed by atoms with Gasteiger partial charge in [0.25, 0.3) is 0 Å². The number of likely N-dealkylation sites (tertiary alicyclic amines) is 1. The lowest BCUT2D eigenvalue weighted by atomic mass is 9.66. The second-order valence-corrected chi connectivity index (χ2v) is 10.9. The molecular formula is C29H46N2O6. The largest absolute Gasteiger partial charge is 0.465 e. The molecule has 0 aromatic rings. The van der Waals surface area contributed by atoms with E-state index in [2.05, 4.69) is 20.1 Å². The minimum absolute atomic E-state index is 0.193. The Hall–Kier alpha value is -2.19. The Balaban J connectivity index is 1.96. The van der Waals surface area contributed by atoms with Crippen LogP contribution in [0, 0.1) is 11.8 Å². The molecule has 2 unspecified atom stereocenters. The van der Waals surface area contributed by atoms with Crippen LogP contribution in [0.2, 0.25) is 0 Å². The van der Waals surface area contributed by atoms with Crippen LogP contribution in [-0.2, 0) is 23.9 Å². The molecule has 0 radical (unpaired) electrons. The molecule has 6 atom stereocenters. The van der Waals surface area contributed by atoms with Gasteiger partial charge >= 0.3 is 5.97 Å². The molecule has 0 saturated carbocycles. The van der Waals surface area contributed by atoms with Crippen molar-refractivity contribution in [3.05, 3.63) is 25.3 Å². The van der Waals surface area contributed by atoms with Crippen molar-refractivity contribution >= 4 is 17.8 Å². The summed E-state index contributed by atoms with van der Waals surface area (Å²) in [6.45, 7) is 14.4. The molecule has 0 aliphatic carbocycles. The van der Waals surface area contributed by atoms with E-state index in [9.17, 15) is 19.5 Å². The fourth-order valence-electron chi connectivity index (χ4n) is 6.63. The highest BCUT2D eigenvalue weighted by Gasteiger charge is 2.79. The number of carbonyl (C=O) groups is 3. The summed E-state index contributed by atoms with van der Waals surface area (Å²) in [6.07, 6.45) is 10.4. The highest BCUT2D eigenvalue weighted by Crippen LogP contribution is 2.63. The summed E-state index contributed by atoms with van der Waals surface area (Å²) in [7, 11) is 0. The van der Waals surface area contributed by atoms with Crippen LogP contribution >= 0.6 is 0 Å². The number of aliphatic hydroxyl groups excluding tert-OH is 1. The maximum absolute atomic E-state index is 14.2. The molecule has 208 valence electrons. The number of nitrogens with zero attached hydrogens (tertiary/aromatic N) is 2. The van der Waals surface area contributed by atoms with Crippen LogP contribution in [-0.4, -0.2) is 82.3 Å². The van der Waals surface area contributed by atoms with E-state index >= 15 is 0 Å². The SMILES string of the molecule is C=CCCCCOC(=O)[C@H]1[C@H]2C(=O)N([C@@H](CC)CO)C(C(=O)N(CC=C)CCCCC)C23CC[C@]1(C)O3. The third-order valence-corrected chi connectivity index (χ3v) is 8.52. The second-order valence-electron chi connectivity index (χ2n) is 10.9. The van der Waals surface area contributed by atoms with Gasteiger partial charge in [-0.1, -0.05) is 38.8 Å². The number of amides is 2. The molecule has 3 aliphatic rings. The summed E-state index contributed by atoms with van der Waals surface area (Å²) in [6, 6.07) is -1.43. The summed E-state index contributed by atoms with van der Waals surface area (Å²) in [5.74, 6) is -2.50. The minimum Gasteiger partial charge on any atom is -0.465 e. The summed E-state index contributed by atoms with van der Waals surface area (Å²) >= 11 is 0. The molecule has 2 amide bonds. The molecular weight excluding hydrogens is 472 g/mol. The van der Waals surface area contributed by atoms with Crippen LogP contribution < -0.4 is 0 Å². The second kappa shape index (κ2) is 12.6. The fraction of sp³-hybridized carbons (Fsp3) is 0.759. The number of carbonyl (C=O) groups excluding carboxylic acids is 3. The van der Waals surface area contributed by atoms with Crippen molar-refractivity contribution < 1.29 is 29.0 Å². The number of hydrogen-bond donors (Lipinski definition) is 1. The van der Waals surface area contributed by atoms with E-state index < -0.39 is 41.1 Å². The van der Waals surface area contributed by atoms with E-state index in [0.29, 0.717) is 32.4 Å². The predicted octanol–water partition coefficient (Wildman–Crippen LogP) is 3.63. The first-order valence-electron chi connectivity index (χ1n) is 14.1. The Bertz CT molecular complexity index is 857. The van der Waals surface area contributed by atoms with Gasteiger partial charge < -0.3 is 24.4 Å². The predicted molar refractivity (Wildman–Crippen MR) is 142 cm³/mol. The maximum Gasteiger partial charge on any atom is 0.312 e. The number of esters is 1. The molecule has 37 heavy (non-hydrogen) atoms. The average Bonchev–Trinajstić information content (AvgIpc) is 3.45. The molecule has 0 aromatic heterocycles. The third kappa shape index (κ3) is 5.37. The molecule has 3 saturated heterocycles. The molecule has 8 nitrogen and oxygen atoms in total. The van der Waals surface area contributed by atoms with Crippen molar-refractivity contribution in [3.63, 3.8) is 0 Å². The van der Waals surface area contributed by atoms with Crippen molar-refractivity contribution in [1.29, 1.82) is 0 Å². The van der Waals surface area contributed by atoms with Gasteiger partial charge in [-0.15, -0.1) is 13.2 Å². The highest BCUT2D eigenvalue weighted by atomic mass is 16.6. The molecule has 0 aromatic carbocycles. The molecule has 3 heterocycles. The van der Waals surface area contributed by atoms with Crippen molar-refractivity contribution in [2.24, 2.45) is 11.8 Å². The smallest absolute Gasteiger partial charge is 0.312 e. The number of hydrogen-bond acceptors (Lipinski definition) is 6. The van der Waals surface area contributed by atoms with E-state index in [0.717, 1.165) is 38.5 Å². The Kier molecular flexibility index (Phi) is 9.98. The van der Waals surface area contributed by atoms with E-state index in [-0.39, 0.29) is 25.0 Å². The van der Waals surface area contributed by atoms with E-state index in [1.165, 1.54) is 4.90 Å². The van der Waals surface area contributed by atoms with Crippen molar-refractivity contribution in [2.75, 3.05) is 26.3 Å². The summed E-state index contributed by atoms with van der Waals surface area (Å²) in [4.78, 5) is 45.0. The average molecular weight is 519 g/mol. The van der Waals surface area contributed by atoms with Crippen LogP contribution in [0.15, 0.2) is 25.3 Å². The topological polar surface area (TPSA) is 96.4 Å². The van der Waals surface area contributed by atoms with Gasteiger partial charge in [0.05, 0.1) is 30.8 Å². The fourth-order valence-corrected chi connectivity index (χ4v) is 6.63. The van der Waals surface area contributed by atoms with Gasteiger partial charge in [0.1, 0.15) is 17.6 Å². The molecule has 2 bridgehead atoms. The van der Waals surface area contributed by atoms with Crippen LogP contribution in [0.3, 0.4) is 0 Å². The van der Waals surface area contributed by atoms with Gasteiger partial charge in [-0.05, 0) is 51.9 Å². The van der Waals surface area contributed by atoms with Crippen LogP contribution in [0.5, 0.6) is 0 Å². The zero-order valence-corrected chi connectivity index (χ0v) is 23.0. The number of allylic oxidation sites excluding steroid dienone is 1. The lowest BCUT2D eigenvalue weighted by molar-refractivity contribution is -0.162. The number of aliphatic hydroxyl groups is 1. The first-order valence-corrected chi connectivity index (χ1v) is 14.1. The molecule has 3 aliphatic heterocycles. The maximum atomic E-state index is 14.2. The van der Waals surface area contributed by atoms with Gasteiger partial charge in [-0.25, -0.2) is 0 Å². The Morgan fingerprint density at radius 3 is 2.59 bits per heavy atom. The Morgan fingerprint density at radius 1 is 1.22 bits per heavy atom. The van der Waals surface area contributed by atoms with Crippen molar-refractivity contribution in [3.8, 4) is 0 Å². The Morgan fingerprint density at radius 2 is 1.97 bits per heavy atom. The lowest BCUT2D eigenvalue weighted by Gasteiger charge is -2.39. The number of rotatable bonds is 16. The number of unbranched alkanes of at least 4 members (excludes halogenated alkanes) is 4. The summed E-state index contributed by atoms with van der Waals surface area (Å²) in [5.41, 5.74) is -1.97. The quantitative estimate of drug-likeness (QED) is 0.190. The Labute approximate surface area is 222 Å². The third-order valence-electron chi connectivity index (χ3n) is 8.52. The standard InChI is InChI=1S/C29H46N2O6/c1-6-10-12-14-19-36-27(35)23-22-25(33)31(21(9-4)20-32)24(29(22)16-15-28(23,5)37-29)26(34)30(17-8-3)18-13-11-7-2/h6,8,21-24,32H,1,3,7,9-20H2,2,4-5H3/t21-,22-,23+,24?,28-,29?/m0/s1. The van der Waals surface area contributed by atoms with Crippen LogP contribution in [0.25, 0.3) is 0 Å². The van der Waals surface area contributed by atoms with E-state index in [1.54, 1.807) is 11.0 Å². The van der Waals surface area contributed by atoms with Crippen molar-refractivity contribution in [2.45, 2.75) is 102 Å². The first-order chi connectivity index (χ1) is 17.8. The number of ether oxygens (including phenoxy) is 2. The lowest BCUT2D eigenvalue weighted by Crippen LogP contribution is -2.58. The first kappa shape index (κ1) is 29.4. The van der Waals surface area contributed by atoms with E-state index in [4.69, 9.17) is 9.47 Å². The summed E-state index contributed by atoms with van der Waals surface area (Å²) < 4.78 is 12.3. The van der Waals surface area contributed by atoms with Gasteiger partial charge in [-0.2, -0.15) is 0 Å². The van der Waals surface area contributed by atoms with Crippen LogP contribution in [0.1, 0.15) is 78.6 Å². The summed E-state index contributed by atoms with van der Waals surface area (Å²) in [5, 5.41) is 10.2. The highest BCUT2D eigenvalue weighted by molar-refractivity contribution is 5.98. The molecule has 3 fully saturated rings. The minimum atomic E-state index is -1.11. The van der Waals surface area contributed by atoms with Gasteiger partial charge in [0, 0.05) is 13.1 Å². The zero-order valence-electron chi connectivity index (χ0n) is 23.0. The molecule has 3 rings (SSSR count). The number of fused-ring (bicyclic) bond motifs is 1. The van der Waals surface area contributed by atoms with Gasteiger partial charge in [0.15, 0.2) is 0 Å². The zero-order chi connectivity index (χ0) is 27.2.